The lowest BCUT2D eigenvalue weighted by Gasteiger charge is -2.34. The Balaban J connectivity index is 0.000000440. The Bertz CT molecular complexity index is 680. The van der Waals surface area contributed by atoms with Gasteiger partial charge in [-0.25, -0.2) is 0 Å². The Labute approximate surface area is 282 Å². The predicted molar refractivity (Wildman–Crippen MR) is 193 cm³/mol. The quantitative estimate of drug-likeness (QED) is 0.130. The minimum atomic E-state index is -2.51. The number of likely N-dealkylation sites (N-methyl/N-ethyl adjacent to an activating group) is 2. The van der Waals surface area contributed by atoms with E-state index in [0.717, 1.165) is 100 Å². The Kier molecular flexibility index (Phi) is 23.0. The number of nitrogens with zero attached hydrogens (tertiary/aromatic N) is 4. The van der Waals surface area contributed by atoms with Crippen LogP contribution >= 0.6 is 24.4 Å². The van der Waals surface area contributed by atoms with Gasteiger partial charge in [0.2, 0.25) is 0 Å². The van der Waals surface area contributed by atoms with Crippen molar-refractivity contribution in [2.45, 2.75) is 79.3 Å². The minimum Gasteiger partial charge on any atom is -0.374 e. The fourth-order valence-corrected chi connectivity index (χ4v) is 11.2. The monoisotopic (exact) mass is 696 g/mol. The van der Waals surface area contributed by atoms with Crippen LogP contribution < -0.4 is 0 Å². The van der Waals surface area contributed by atoms with Gasteiger partial charge in [-0.2, -0.15) is 0 Å². The molecule has 2 rings (SSSR count). The van der Waals surface area contributed by atoms with Gasteiger partial charge in [-0.05, 0) is 81.3 Å². The first-order chi connectivity index (χ1) is 21.1. The summed E-state index contributed by atoms with van der Waals surface area (Å²) in [6.45, 7) is 24.3. The molecule has 0 atom stereocenters. The molecular weight excluding hydrogens is 633 g/mol. The molecule has 0 saturated carbocycles. The van der Waals surface area contributed by atoms with Crippen molar-refractivity contribution in [2.75, 3.05) is 106 Å². The SMILES string of the molecule is CCO[Si](CCCC(=S)N1CCN(C)CC1)(OCC)OCC.CCO[Si](CCCC(=S)N1CCN(C)CC1)(OCC)OCC. The van der Waals surface area contributed by atoms with E-state index in [0.29, 0.717) is 39.6 Å². The van der Waals surface area contributed by atoms with E-state index < -0.39 is 17.6 Å². The molecule has 2 saturated heterocycles. The van der Waals surface area contributed by atoms with Crippen molar-refractivity contribution in [2.24, 2.45) is 0 Å². The molecule has 0 aromatic carbocycles. The van der Waals surface area contributed by atoms with Crippen LogP contribution in [-0.2, 0) is 26.6 Å². The van der Waals surface area contributed by atoms with Crippen molar-refractivity contribution in [1.29, 1.82) is 0 Å². The molecule has 0 amide bonds. The van der Waals surface area contributed by atoms with Gasteiger partial charge in [0.05, 0.1) is 9.98 Å². The molecule has 0 aliphatic carbocycles. The maximum absolute atomic E-state index is 5.88. The third-order valence-corrected chi connectivity index (χ3v) is 14.9. The third kappa shape index (κ3) is 16.1. The van der Waals surface area contributed by atoms with Crippen LogP contribution in [-0.4, -0.2) is 153 Å². The van der Waals surface area contributed by atoms with E-state index in [4.69, 9.17) is 51.0 Å². The van der Waals surface area contributed by atoms with Crippen LogP contribution in [0.25, 0.3) is 0 Å². The van der Waals surface area contributed by atoms with E-state index in [1.165, 1.54) is 0 Å². The first-order valence-electron chi connectivity index (χ1n) is 16.9. The fourth-order valence-electron chi connectivity index (χ4n) is 5.34. The molecule has 2 aliphatic rings. The number of hydrogen-bond donors (Lipinski definition) is 0. The zero-order valence-corrected chi connectivity index (χ0v) is 32.8. The van der Waals surface area contributed by atoms with E-state index in [9.17, 15) is 0 Å². The molecule has 44 heavy (non-hydrogen) atoms. The second-order valence-corrected chi connectivity index (χ2v) is 17.4. The molecule has 0 aromatic heterocycles. The van der Waals surface area contributed by atoms with Crippen LogP contribution in [0.3, 0.4) is 0 Å². The average Bonchev–Trinajstić information content (AvgIpc) is 2.99. The highest BCUT2D eigenvalue weighted by Crippen LogP contribution is 2.21. The molecular formula is C30H64N4O6S2Si2. The summed E-state index contributed by atoms with van der Waals surface area (Å²) in [6.07, 6.45) is 3.77. The van der Waals surface area contributed by atoms with Gasteiger partial charge in [0.1, 0.15) is 0 Å². The standard InChI is InChI=1S/2C15H32N2O3SSi/c2*1-5-18-22(19-6-2,20-7-3)14-8-9-15(21)17-12-10-16(4)11-13-17/h2*5-14H2,1-4H3. The Morgan fingerprint density at radius 2 is 0.727 bits per heavy atom. The van der Waals surface area contributed by atoms with E-state index in [2.05, 4.69) is 33.7 Å². The van der Waals surface area contributed by atoms with Crippen LogP contribution in [0.2, 0.25) is 12.1 Å². The van der Waals surface area contributed by atoms with Crippen molar-refractivity contribution in [1.82, 2.24) is 19.6 Å². The predicted octanol–water partition coefficient (Wildman–Crippen LogP) is 4.78. The molecule has 0 N–H and O–H groups in total. The summed E-state index contributed by atoms with van der Waals surface area (Å²) in [5.74, 6) is 0. The highest BCUT2D eigenvalue weighted by molar-refractivity contribution is 7.80. The molecule has 0 bridgehead atoms. The maximum atomic E-state index is 5.88. The molecule has 0 aromatic rings. The van der Waals surface area contributed by atoms with Crippen LogP contribution in [0.5, 0.6) is 0 Å². The van der Waals surface area contributed by atoms with Crippen LogP contribution in [0.4, 0.5) is 0 Å². The highest BCUT2D eigenvalue weighted by atomic mass is 32.1. The second-order valence-electron chi connectivity index (χ2n) is 11.0. The van der Waals surface area contributed by atoms with Crippen molar-refractivity contribution in [3.63, 3.8) is 0 Å². The lowest BCUT2D eigenvalue weighted by atomic mass is 10.2. The molecule has 2 heterocycles. The van der Waals surface area contributed by atoms with Gasteiger partial charge >= 0.3 is 17.6 Å². The summed E-state index contributed by atoms with van der Waals surface area (Å²) >= 11 is 11.2. The lowest BCUT2D eigenvalue weighted by molar-refractivity contribution is 0.0701. The van der Waals surface area contributed by atoms with Crippen molar-refractivity contribution >= 4 is 52.0 Å². The summed E-state index contributed by atoms with van der Waals surface area (Å²) < 4.78 is 35.3. The molecule has 260 valence electrons. The normalized spacial score (nSPS) is 17.0. The Hall–Kier alpha value is -0.106. The third-order valence-electron chi connectivity index (χ3n) is 7.64. The van der Waals surface area contributed by atoms with Gasteiger partial charge in [0.15, 0.2) is 0 Å². The zero-order chi connectivity index (χ0) is 32.8. The van der Waals surface area contributed by atoms with E-state index in [1.54, 1.807) is 0 Å². The number of rotatable bonds is 20. The summed E-state index contributed by atoms with van der Waals surface area (Å²) in [5, 5.41) is 0. The van der Waals surface area contributed by atoms with Gasteiger partial charge in [-0.3, -0.25) is 0 Å². The van der Waals surface area contributed by atoms with Gasteiger partial charge in [0.25, 0.3) is 0 Å². The summed E-state index contributed by atoms with van der Waals surface area (Å²) in [7, 11) is -0.700. The van der Waals surface area contributed by atoms with Crippen molar-refractivity contribution in [3.05, 3.63) is 0 Å². The number of piperazine rings is 2. The van der Waals surface area contributed by atoms with E-state index >= 15 is 0 Å². The lowest BCUT2D eigenvalue weighted by Crippen LogP contribution is -2.47. The topological polar surface area (TPSA) is 68.3 Å². The van der Waals surface area contributed by atoms with Crippen molar-refractivity contribution < 1.29 is 26.6 Å². The molecule has 0 unspecified atom stereocenters. The summed E-state index contributed by atoms with van der Waals surface area (Å²) in [4.78, 5) is 11.5. The second kappa shape index (κ2) is 24.1. The van der Waals surface area contributed by atoms with Gasteiger partial charge in [0, 0.05) is 104 Å². The molecule has 0 radical (unpaired) electrons. The Morgan fingerprint density at radius 1 is 0.477 bits per heavy atom. The average molecular weight is 697 g/mol. The van der Waals surface area contributed by atoms with Gasteiger partial charge < -0.3 is 46.2 Å². The molecule has 2 aliphatic heterocycles. The fraction of sp³-hybridized carbons (Fsp3) is 0.933. The molecule has 10 nitrogen and oxygen atoms in total. The largest absolute Gasteiger partial charge is 0.500 e. The smallest absolute Gasteiger partial charge is 0.374 e. The van der Waals surface area contributed by atoms with Gasteiger partial charge in [-0.15, -0.1) is 0 Å². The molecule has 0 spiro atoms. The van der Waals surface area contributed by atoms with Crippen LogP contribution in [0, 0.1) is 0 Å². The maximum Gasteiger partial charge on any atom is 0.500 e. The minimum absolute atomic E-state index is 0.634. The number of thiocarbonyl (C=S) groups is 2. The highest BCUT2D eigenvalue weighted by Gasteiger charge is 2.40. The Morgan fingerprint density at radius 3 is 0.955 bits per heavy atom. The van der Waals surface area contributed by atoms with E-state index in [-0.39, 0.29) is 0 Å². The van der Waals surface area contributed by atoms with Crippen LogP contribution in [0.15, 0.2) is 0 Å². The van der Waals surface area contributed by atoms with E-state index in [1.807, 2.05) is 41.5 Å². The number of hydrogen-bond acceptors (Lipinski definition) is 10. The van der Waals surface area contributed by atoms with Crippen LogP contribution in [0.1, 0.15) is 67.2 Å². The van der Waals surface area contributed by atoms with Crippen molar-refractivity contribution in [3.8, 4) is 0 Å². The summed E-state index contributed by atoms with van der Waals surface area (Å²) in [6, 6.07) is 1.69. The first kappa shape index (κ1) is 41.9. The zero-order valence-electron chi connectivity index (χ0n) is 29.2. The molecule has 14 heteroatoms. The van der Waals surface area contributed by atoms with Gasteiger partial charge in [-0.1, -0.05) is 24.4 Å². The summed E-state index contributed by atoms with van der Waals surface area (Å²) in [5.41, 5.74) is 0. The first-order valence-corrected chi connectivity index (χ1v) is 21.6. The molecule has 2 fully saturated rings.